The number of anilines is 2. The maximum Gasteiger partial charge on any atom is 0.354 e. The molecule has 0 aliphatic carbocycles. The molecule has 1 atom stereocenters. The third-order valence-corrected chi connectivity index (χ3v) is 6.07. The largest absolute Gasteiger partial charge is 0.481 e. The Morgan fingerprint density at radius 2 is 1.71 bits per heavy atom. The molecule has 2 aromatic carbocycles. The molecule has 38 heavy (non-hydrogen) atoms. The number of carboxylic acids is 1. The van der Waals surface area contributed by atoms with Crippen LogP contribution in [0.1, 0.15) is 25.0 Å². The lowest BCUT2D eigenvalue weighted by Crippen LogP contribution is -2.44. The van der Waals surface area contributed by atoms with Crippen molar-refractivity contribution in [2.45, 2.75) is 33.4 Å². The molecule has 2 aromatic heterocycles. The number of pyridine rings is 1. The van der Waals surface area contributed by atoms with Crippen LogP contribution in [0.15, 0.2) is 76.4 Å². The van der Waals surface area contributed by atoms with Gasteiger partial charge in [0.2, 0.25) is 11.8 Å². The third-order valence-electron chi connectivity index (χ3n) is 5.82. The monoisotopic (exact) mass is 535 g/mol. The molecule has 0 aliphatic rings. The summed E-state index contributed by atoms with van der Waals surface area (Å²) in [4.78, 5) is 45.7. The van der Waals surface area contributed by atoms with E-state index in [2.05, 4.69) is 15.3 Å². The zero-order chi connectivity index (χ0) is 27.2. The Kier molecular flexibility index (Phi) is 8.22. The third kappa shape index (κ3) is 6.46. The van der Waals surface area contributed by atoms with Gasteiger partial charge >= 0.3 is 17.3 Å². The summed E-state index contributed by atoms with van der Waals surface area (Å²) in [5.41, 5.74) is 0.868. The number of aliphatic carboxylic acids is 1. The summed E-state index contributed by atoms with van der Waals surface area (Å²) in [6, 6.07) is 17.5. The van der Waals surface area contributed by atoms with Crippen LogP contribution in [0.2, 0.25) is 5.02 Å². The molecule has 2 N–H and O–H groups in total. The van der Waals surface area contributed by atoms with E-state index < -0.39 is 23.3 Å². The van der Waals surface area contributed by atoms with Crippen molar-refractivity contribution in [2.75, 3.05) is 5.32 Å². The second-order valence-electron chi connectivity index (χ2n) is 8.67. The fourth-order valence-electron chi connectivity index (χ4n) is 3.58. The van der Waals surface area contributed by atoms with E-state index in [1.807, 2.05) is 13.0 Å². The van der Waals surface area contributed by atoms with Crippen LogP contribution in [0, 0.1) is 5.92 Å². The molecular weight excluding hydrogens is 510 g/mol. The van der Waals surface area contributed by atoms with E-state index in [1.54, 1.807) is 60.8 Å². The number of aromatic nitrogens is 4. The molecule has 0 saturated heterocycles. The molecule has 2 heterocycles. The van der Waals surface area contributed by atoms with Gasteiger partial charge in [0.05, 0.1) is 12.5 Å². The predicted molar refractivity (Wildman–Crippen MR) is 144 cm³/mol. The Balaban J connectivity index is 1.63. The highest BCUT2D eigenvalue weighted by Crippen LogP contribution is 2.23. The molecule has 0 saturated carbocycles. The second-order valence-corrected chi connectivity index (χ2v) is 9.11. The highest BCUT2D eigenvalue weighted by Gasteiger charge is 2.19. The van der Waals surface area contributed by atoms with Crippen molar-refractivity contribution in [1.82, 2.24) is 19.1 Å². The highest BCUT2D eigenvalue weighted by molar-refractivity contribution is 6.30. The SMILES string of the molecule is CCc1ccc(Oc2ccc(Nc3nc(=O)n(C[C@H](C)C(=O)O)c(=O)n3Cc3ccc(Cl)cc3)cc2)nc1. The summed E-state index contributed by atoms with van der Waals surface area (Å²) in [6.45, 7) is 3.24. The molecule has 11 heteroatoms. The van der Waals surface area contributed by atoms with E-state index in [0.717, 1.165) is 22.1 Å². The van der Waals surface area contributed by atoms with Crippen LogP contribution < -0.4 is 21.4 Å². The van der Waals surface area contributed by atoms with Crippen molar-refractivity contribution in [3.05, 3.63) is 104 Å². The number of hydrogen-bond donors (Lipinski definition) is 2. The zero-order valence-corrected chi connectivity index (χ0v) is 21.6. The number of halogens is 1. The first-order chi connectivity index (χ1) is 18.2. The van der Waals surface area contributed by atoms with E-state index in [4.69, 9.17) is 16.3 Å². The lowest BCUT2D eigenvalue weighted by molar-refractivity contribution is -0.141. The van der Waals surface area contributed by atoms with Gasteiger partial charge in [-0.05, 0) is 53.9 Å². The van der Waals surface area contributed by atoms with Gasteiger partial charge < -0.3 is 15.2 Å². The summed E-state index contributed by atoms with van der Waals surface area (Å²) >= 11 is 5.99. The minimum absolute atomic E-state index is 0.0136. The number of nitrogens with one attached hydrogen (secondary N) is 1. The molecule has 0 fully saturated rings. The summed E-state index contributed by atoms with van der Waals surface area (Å²) in [5.74, 6) is -1.05. The first-order valence-corrected chi connectivity index (χ1v) is 12.3. The van der Waals surface area contributed by atoms with Crippen LogP contribution in [0.3, 0.4) is 0 Å². The average Bonchev–Trinajstić information content (AvgIpc) is 2.91. The second kappa shape index (κ2) is 11.7. The van der Waals surface area contributed by atoms with Crippen molar-refractivity contribution in [2.24, 2.45) is 5.92 Å². The Morgan fingerprint density at radius 3 is 2.32 bits per heavy atom. The van der Waals surface area contributed by atoms with Gasteiger partial charge in [-0.2, -0.15) is 4.98 Å². The van der Waals surface area contributed by atoms with Gasteiger partial charge in [0, 0.05) is 29.5 Å². The molecule has 196 valence electrons. The zero-order valence-electron chi connectivity index (χ0n) is 20.8. The van der Waals surface area contributed by atoms with Gasteiger partial charge in [0.25, 0.3) is 0 Å². The Labute approximate surface area is 223 Å². The molecular formula is C27H26ClN5O5. The molecule has 0 amide bonds. The minimum Gasteiger partial charge on any atom is -0.481 e. The van der Waals surface area contributed by atoms with Gasteiger partial charge in [0.15, 0.2) is 0 Å². The molecule has 10 nitrogen and oxygen atoms in total. The predicted octanol–water partition coefficient (Wildman–Crippen LogP) is 4.32. The van der Waals surface area contributed by atoms with Crippen LogP contribution in [-0.4, -0.2) is 30.2 Å². The number of nitrogens with zero attached hydrogens (tertiary/aromatic N) is 4. The first-order valence-electron chi connectivity index (χ1n) is 11.9. The van der Waals surface area contributed by atoms with Gasteiger partial charge in [-0.25, -0.2) is 19.1 Å². The van der Waals surface area contributed by atoms with Crippen LogP contribution >= 0.6 is 11.6 Å². The molecule has 0 radical (unpaired) electrons. The Hall–Kier alpha value is -4.44. The van der Waals surface area contributed by atoms with Crippen molar-refractivity contribution in [3.63, 3.8) is 0 Å². The molecule has 4 aromatic rings. The molecule has 0 bridgehead atoms. The average molecular weight is 536 g/mol. The van der Waals surface area contributed by atoms with E-state index >= 15 is 0 Å². The number of carboxylic acid groups (broad SMARTS) is 1. The van der Waals surface area contributed by atoms with E-state index in [1.165, 1.54) is 11.5 Å². The summed E-state index contributed by atoms with van der Waals surface area (Å²) in [7, 11) is 0. The quantitative estimate of drug-likeness (QED) is 0.307. The summed E-state index contributed by atoms with van der Waals surface area (Å²) in [5, 5.41) is 12.8. The fraction of sp³-hybridized carbons (Fsp3) is 0.222. The normalized spacial score (nSPS) is 11.7. The van der Waals surface area contributed by atoms with Crippen molar-refractivity contribution in [1.29, 1.82) is 0 Å². The topological polar surface area (TPSA) is 128 Å². The number of rotatable bonds is 10. The Morgan fingerprint density at radius 1 is 1.03 bits per heavy atom. The standard InChI is InChI=1S/C27H26ClN5O5/c1-3-18-6-13-23(29-14-18)38-22-11-9-21(10-12-22)30-25-31-26(36)33(15-17(2)24(34)35)27(37)32(25)16-19-4-7-20(28)8-5-19/h4-14,17H,3,15-16H2,1-2H3,(H,34,35)(H,30,31,36)/t17-/m0/s1. The fourth-order valence-corrected chi connectivity index (χ4v) is 3.71. The smallest absolute Gasteiger partial charge is 0.354 e. The first kappa shape index (κ1) is 26.6. The van der Waals surface area contributed by atoms with Crippen LogP contribution in [-0.2, 0) is 24.3 Å². The molecule has 0 spiro atoms. The van der Waals surface area contributed by atoms with E-state index in [-0.39, 0.29) is 19.0 Å². The van der Waals surface area contributed by atoms with Crippen molar-refractivity contribution < 1.29 is 14.6 Å². The van der Waals surface area contributed by atoms with Gasteiger partial charge in [-0.3, -0.25) is 9.36 Å². The highest BCUT2D eigenvalue weighted by atomic mass is 35.5. The Bertz CT molecular complexity index is 1530. The lowest BCUT2D eigenvalue weighted by atomic mass is 10.2. The molecule has 0 aliphatic heterocycles. The number of benzene rings is 2. The van der Waals surface area contributed by atoms with Crippen LogP contribution in [0.5, 0.6) is 11.6 Å². The number of aryl methyl sites for hydroxylation is 1. The molecule has 0 unspecified atom stereocenters. The van der Waals surface area contributed by atoms with Gasteiger partial charge in [-0.15, -0.1) is 0 Å². The number of hydrogen-bond acceptors (Lipinski definition) is 7. The van der Waals surface area contributed by atoms with Crippen molar-refractivity contribution in [3.8, 4) is 11.6 Å². The maximum atomic E-state index is 13.3. The minimum atomic E-state index is -1.12. The van der Waals surface area contributed by atoms with Crippen LogP contribution in [0.4, 0.5) is 11.6 Å². The lowest BCUT2D eigenvalue weighted by Gasteiger charge is -2.17. The molecule has 4 rings (SSSR count). The van der Waals surface area contributed by atoms with E-state index in [9.17, 15) is 19.5 Å². The maximum absolute atomic E-state index is 13.3. The number of ether oxygens (including phenoxy) is 1. The van der Waals surface area contributed by atoms with Gasteiger partial charge in [-0.1, -0.05) is 43.6 Å². The van der Waals surface area contributed by atoms with Crippen LogP contribution in [0.25, 0.3) is 0 Å². The number of carbonyl (C=O) groups is 1. The van der Waals surface area contributed by atoms with Gasteiger partial charge in [0.1, 0.15) is 5.75 Å². The summed E-state index contributed by atoms with van der Waals surface area (Å²) in [6.07, 6.45) is 2.64. The summed E-state index contributed by atoms with van der Waals surface area (Å²) < 4.78 is 7.89. The van der Waals surface area contributed by atoms with E-state index in [0.29, 0.717) is 22.3 Å². The van der Waals surface area contributed by atoms with Crippen molar-refractivity contribution >= 4 is 29.2 Å².